The van der Waals surface area contributed by atoms with Gasteiger partial charge < -0.3 is 10.1 Å². The summed E-state index contributed by atoms with van der Waals surface area (Å²) in [6.07, 6.45) is -7.61. The fraction of sp³-hybridized carbons (Fsp3) is 0.292. The summed E-state index contributed by atoms with van der Waals surface area (Å²) in [5, 5.41) is 2.61. The molecule has 0 saturated carbocycles. The molecule has 1 unspecified atom stereocenters. The number of ether oxygens (including phenoxy) is 1. The molecule has 1 N–H and O–H groups in total. The lowest BCUT2D eigenvalue weighted by atomic mass is 10.1. The predicted molar refractivity (Wildman–Crippen MR) is 124 cm³/mol. The van der Waals surface area contributed by atoms with Gasteiger partial charge in [0.15, 0.2) is 0 Å². The van der Waals surface area contributed by atoms with Crippen molar-refractivity contribution in [2.45, 2.75) is 42.9 Å². The maximum Gasteiger partial charge on any atom is 0.573 e. The molecule has 1 aliphatic rings. The summed E-state index contributed by atoms with van der Waals surface area (Å²) in [6, 6.07) is 8.46. The van der Waals surface area contributed by atoms with E-state index in [4.69, 9.17) is 0 Å². The number of hydrogen-bond acceptors (Lipinski definition) is 6. The van der Waals surface area contributed by atoms with E-state index in [0.29, 0.717) is 23.4 Å². The molecular weight excluding hydrogens is 554 g/mol. The van der Waals surface area contributed by atoms with E-state index in [0.717, 1.165) is 40.7 Å². The molecule has 39 heavy (non-hydrogen) atoms. The molecule has 0 bridgehead atoms. The molecule has 1 aromatic heterocycles. The van der Waals surface area contributed by atoms with Crippen molar-refractivity contribution in [2.75, 3.05) is 6.54 Å². The third kappa shape index (κ3) is 6.84. The van der Waals surface area contributed by atoms with Gasteiger partial charge in [0.1, 0.15) is 18.1 Å². The molecule has 2 heterocycles. The zero-order valence-corrected chi connectivity index (χ0v) is 20.6. The van der Waals surface area contributed by atoms with Gasteiger partial charge in [-0.25, -0.2) is 18.4 Å². The van der Waals surface area contributed by atoms with Crippen molar-refractivity contribution in [1.29, 1.82) is 0 Å². The van der Waals surface area contributed by atoms with Crippen LogP contribution < -0.4 is 10.1 Å². The summed E-state index contributed by atoms with van der Waals surface area (Å²) in [5.41, 5.74) is 0.249. The topological polar surface area (TPSA) is 101 Å². The maximum absolute atomic E-state index is 13.1. The van der Waals surface area contributed by atoms with E-state index >= 15 is 0 Å². The monoisotopic (exact) mass is 574 g/mol. The van der Waals surface area contributed by atoms with Crippen molar-refractivity contribution < 1.29 is 44.3 Å². The SMILES string of the molecule is O=C(NCc1cc(-c2ccc(C(F)(F)F)cc2)ncn1)C1CCCN1S(=O)(=O)c1ccc(OC(F)(F)F)cc1. The van der Waals surface area contributed by atoms with Gasteiger partial charge in [0, 0.05) is 12.1 Å². The van der Waals surface area contributed by atoms with E-state index in [9.17, 15) is 39.6 Å². The Morgan fingerprint density at radius 2 is 1.67 bits per heavy atom. The zero-order valence-electron chi connectivity index (χ0n) is 19.8. The van der Waals surface area contributed by atoms with Gasteiger partial charge in [0.05, 0.1) is 28.4 Å². The molecule has 4 rings (SSSR count). The fourth-order valence-corrected chi connectivity index (χ4v) is 5.67. The molecule has 1 aliphatic heterocycles. The molecule has 0 radical (unpaired) electrons. The summed E-state index contributed by atoms with van der Waals surface area (Å²) in [4.78, 5) is 20.7. The van der Waals surface area contributed by atoms with E-state index in [1.54, 1.807) is 0 Å². The number of alkyl halides is 6. The lowest BCUT2D eigenvalue weighted by Gasteiger charge is -2.23. The van der Waals surface area contributed by atoms with Crippen molar-refractivity contribution >= 4 is 15.9 Å². The molecule has 2 aromatic carbocycles. The molecule has 1 fully saturated rings. The number of carbonyl (C=O) groups is 1. The maximum atomic E-state index is 13.1. The van der Waals surface area contributed by atoms with Crippen molar-refractivity contribution in [2.24, 2.45) is 0 Å². The molecule has 208 valence electrons. The number of sulfonamides is 1. The Balaban J connectivity index is 1.42. The van der Waals surface area contributed by atoms with Crippen molar-refractivity contribution in [3.8, 4) is 17.0 Å². The van der Waals surface area contributed by atoms with Crippen LogP contribution in [0.2, 0.25) is 0 Å². The first-order valence-corrected chi connectivity index (χ1v) is 12.8. The first-order chi connectivity index (χ1) is 18.2. The Hall–Kier alpha value is -3.72. The number of aromatic nitrogens is 2. The van der Waals surface area contributed by atoms with Crippen LogP contribution in [0.4, 0.5) is 26.3 Å². The standard InChI is InChI=1S/C24H20F6N4O4S/c25-23(26,27)16-5-3-15(4-6-16)20-12-17(32-14-33-20)13-31-22(35)21-2-1-11-34(21)39(36,37)19-9-7-18(8-10-19)38-24(28,29)30/h3-10,12,14,21H,1-2,11,13H2,(H,31,35). The second kappa shape index (κ2) is 10.8. The van der Waals surface area contributed by atoms with Gasteiger partial charge in [-0.1, -0.05) is 12.1 Å². The van der Waals surface area contributed by atoms with Gasteiger partial charge in [-0.2, -0.15) is 17.5 Å². The number of amides is 1. The largest absolute Gasteiger partial charge is 0.573 e. The number of nitrogens with one attached hydrogen (secondary N) is 1. The van der Waals surface area contributed by atoms with Crippen molar-refractivity contribution in [1.82, 2.24) is 19.6 Å². The number of rotatable bonds is 7. The van der Waals surface area contributed by atoms with Crippen LogP contribution in [0.5, 0.6) is 5.75 Å². The molecule has 8 nitrogen and oxygen atoms in total. The third-order valence-corrected chi connectivity index (χ3v) is 7.77. The average Bonchev–Trinajstić information content (AvgIpc) is 3.38. The summed E-state index contributed by atoms with van der Waals surface area (Å²) in [5.74, 6) is -1.19. The minimum absolute atomic E-state index is 0.0345. The zero-order chi connectivity index (χ0) is 28.4. The number of halogens is 6. The number of benzene rings is 2. The van der Waals surface area contributed by atoms with Gasteiger partial charge in [0.25, 0.3) is 0 Å². The molecular formula is C24H20F6N4O4S. The van der Waals surface area contributed by atoms with Crippen LogP contribution in [-0.2, 0) is 27.5 Å². The quantitative estimate of drug-likeness (QED) is 0.417. The van der Waals surface area contributed by atoms with Crippen LogP contribution in [-0.4, -0.2) is 47.5 Å². The van der Waals surface area contributed by atoms with E-state index in [-0.39, 0.29) is 24.4 Å². The van der Waals surface area contributed by atoms with Gasteiger partial charge >= 0.3 is 12.5 Å². The Kier molecular flexibility index (Phi) is 7.84. The Morgan fingerprint density at radius 3 is 2.28 bits per heavy atom. The predicted octanol–water partition coefficient (Wildman–Crippen LogP) is 4.53. The first-order valence-electron chi connectivity index (χ1n) is 11.4. The smallest absolute Gasteiger partial charge is 0.406 e. The molecule has 0 aliphatic carbocycles. The second-order valence-corrected chi connectivity index (χ2v) is 10.4. The molecule has 3 aromatic rings. The number of carbonyl (C=O) groups excluding carboxylic acids is 1. The average molecular weight is 575 g/mol. The highest BCUT2D eigenvalue weighted by Crippen LogP contribution is 2.31. The van der Waals surface area contributed by atoms with Crippen LogP contribution in [0.25, 0.3) is 11.3 Å². The van der Waals surface area contributed by atoms with E-state index in [1.165, 1.54) is 24.5 Å². The van der Waals surface area contributed by atoms with E-state index in [2.05, 4.69) is 20.0 Å². The van der Waals surface area contributed by atoms with Crippen LogP contribution in [0.15, 0.2) is 65.8 Å². The molecule has 15 heteroatoms. The van der Waals surface area contributed by atoms with Crippen LogP contribution in [0.3, 0.4) is 0 Å². The van der Waals surface area contributed by atoms with E-state index in [1.807, 2.05) is 0 Å². The molecule has 0 spiro atoms. The summed E-state index contributed by atoms with van der Waals surface area (Å²) in [6.45, 7) is -0.0738. The summed E-state index contributed by atoms with van der Waals surface area (Å²) < 4.78 is 107. The number of nitrogens with zero attached hydrogens (tertiary/aromatic N) is 3. The summed E-state index contributed by atoms with van der Waals surface area (Å²) in [7, 11) is -4.20. The highest BCUT2D eigenvalue weighted by molar-refractivity contribution is 7.89. The second-order valence-electron chi connectivity index (χ2n) is 8.48. The molecule has 1 saturated heterocycles. The van der Waals surface area contributed by atoms with Crippen LogP contribution in [0.1, 0.15) is 24.1 Å². The normalized spacial score (nSPS) is 16.7. The van der Waals surface area contributed by atoms with Crippen LogP contribution in [0, 0.1) is 0 Å². The van der Waals surface area contributed by atoms with Crippen molar-refractivity contribution in [3.05, 3.63) is 72.2 Å². The van der Waals surface area contributed by atoms with Crippen LogP contribution >= 0.6 is 0 Å². The Morgan fingerprint density at radius 1 is 1.00 bits per heavy atom. The minimum Gasteiger partial charge on any atom is -0.406 e. The van der Waals surface area contributed by atoms with Gasteiger partial charge in [-0.3, -0.25) is 4.79 Å². The first kappa shape index (κ1) is 28.3. The fourth-order valence-electron chi connectivity index (χ4n) is 4.02. The summed E-state index contributed by atoms with van der Waals surface area (Å²) >= 11 is 0. The van der Waals surface area contributed by atoms with Gasteiger partial charge in [0.2, 0.25) is 15.9 Å². The Bertz CT molecular complexity index is 1430. The lowest BCUT2D eigenvalue weighted by molar-refractivity contribution is -0.274. The number of hydrogen-bond donors (Lipinski definition) is 1. The van der Waals surface area contributed by atoms with Gasteiger partial charge in [-0.05, 0) is 55.3 Å². The highest BCUT2D eigenvalue weighted by atomic mass is 32.2. The highest BCUT2D eigenvalue weighted by Gasteiger charge is 2.39. The van der Waals surface area contributed by atoms with E-state index < -0.39 is 45.8 Å². The third-order valence-electron chi connectivity index (χ3n) is 5.85. The van der Waals surface area contributed by atoms with Crippen molar-refractivity contribution in [3.63, 3.8) is 0 Å². The molecule has 1 amide bonds. The lowest BCUT2D eigenvalue weighted by Crippen LogP contribution is -2.45. The Labute approximate surface area is 218 Å². The molecule has 1 atom stereocenters. The minimum atomic E-state index is -4.93. The van der Waals surface area contributed by atoms with Gasteiger partial charge in [-0.15, -0.1) is 13.2 Å².